The van der Waals surface area contributed by atoms with Gasteiger partial charge in [-0.15, -0.1) is 0 Å². The summed E-state index contributed by atoms with van der Waals surface area (Å²) in [5.74, 6) is -1.25. The minimum atomic E-state index is -1.43. The second kappa shape index (κ2) is 7.72. The number of nitrogens with zero attached hydrogens (tertiary/aromatic N) is 2. The first-order valence-corrected chi connectivity index (χ1v) is 11.1. The van der Waals surface area contributed by atoms with Crippen LogP contribution in [-0.4, -0.2) is 54.6 Å². The van der Waals surface area contributed by atoms with Gasteiger partial charge in [-0.25, -0.2) is 13.6 Å². The summed E-state index contributed by atoms with van der Waals surface area (Å²) >= 11 is 0. The summed E-state index contributed by atoms with van der Waals surface area (Å²) in [7, 11) is 1.39. The summed E-state index contributed by atoms with van der Waals surface area (Å²) in [6.45, 7) is 4.25. The first-order valence-electron chi connectivity index (χ1n) is 11.1. The van der Waals surface area contributed by atoms with Crippen LogP contribution in [-0.2, 0) is 0 Å². The summed E-state index contributed by atoms with van der Waals surface area (Å²) in [5, 5.41) is 12.9. The van der Waals surface area contributed by atoms with E-state index in [4.69, 9.17) is 4.74 Å². The molecule has 0 unspecified atom stereocenters. The lowest BCUT2D eigenvalue weighted by Gasteiger charge is -2.25. The molecule has 0 radical (unpaired) electrons. The van der Waals surface area contributed by atoms with Crippen LogP contribution in [0.25, 0.3) is 10.9 Å². The van der Waals surface area contributed by atoms with Crippen LogP contribution >= 0.6 is 0 Å². The van der Waals surface area contributed by atoms with Gasteiger partial charge in [0.1, 0.15) is 17.4 Å². The molecule has 2 aromatic rings. The highest BCUT2D eigenvalue weighted by molar-refractivity contribution is 5.97. The van der Waals surface area contributed by atoms with Crippen molar-refractivity contribution in [3.8, 4) is 5.75 Å². The largest absolute Gasteiger partial charge is 0.492 e. The number of fused-ring (bicyclic) bond motifs is 1. The Morgan fingerprint density at radius 2 is 2.06 bits per heavy atom. The number of hydrogen-bond acceptors (Lipinski definition) is 5. The number of anilines is 1. The molecule has 0 spiro atoms. The molecular formula is C23H27F2N3O4. The number of aromatic carboxylic acids is 1. The van der Waals surface area contributed by atoms with Gasteiger partial charge in [-0.2, -0.15) is 0 Å². The van der Waals surface area contributed by atoms with Gasteiger partial charge in [0.15, 0.2) is 11.6 Å². The van der Waals surface area contributed by atoms with Gasteiger partial charge >= 0.3 is 5.97 Å². The molecule has 0 amide bonds. The second-order valence-corrected chi connectivity index (χ2v) is 9.36. The first-order chi connectivity index (χ1) is 15.3. The van der Waals surface area contributed by atoms with Gasteiger partial charge in [-0.3, -0.25) is 4.79 Å². The Morgan fingerprint density at radius 3 is 2.66 bits per heavy atom. The molecule has 2 aliphatic carbocycles. The third-order valence-electron chi connectivity index (χ3n) is 7.00. The van der Waals surface area contributed by atoms with Crippen molar-refractivity contribution in [3.05, 3.63) is 33.9 Å². The Balaban J connectivity index is 1.62. The molecular weight excluding hydrogens is 420 g/mol. The van der Waals surface area contributed by atoms with Crippen molar-refractivity contribution in [3.63, 3.8) is 0 Å². The van der Waals surface area contributed by atoms with Gasteiger partial charge in [-0.05, 0) is 30.7 Å². The van der Waals surface area contributed by atoms with E-state index in [2.05, 4.69) is 12.2 Å². The molecule has 1 saturated heterocycles. The predicted octanol–water partition coefficient (Wildman–Crippen LogP) is 2.95. The molecule has 0 bridgehead atoms. The van der Waals surface area contributed by atoms with Crippen LogP contribution in [0, 0.1) is 17.7 Å². The number of carbonyl (C=O) groups is 1. The topological polar surface area (TPSA) is 83.8 Å². The van der Waals surface area contributed by atoms with Gasteiger partial charge in [0.25, 0.3) is 0 Å². The van der Waals surface area contributed by atoms with Gasteiger partial charge < -0.3 is 24.6 Å². The van der Waals surface area contributed by atoms with Crippen LogP contribution in [0.4, 0.5) is 14.5 Å². The lowest BCUT2D eigenvalue weighted by molar-refractivity contribution is 0.0694. The van der Waals surface area contributed by atoms with Crippen molar-refractivity contribution < 1.29 is 23.4 Å². The number of carboxylic acid groups (broad SMARTS) is 1. The number of carboxylic acids is 1. The van der Waals surface area contributed by atoms with Crippen molar-refractivity contribution in [2.45, 2.75) is 44.4 Å². The minimum absolute atomic E-state index is 0.110. The molecule has 7 nitrogen and oxygen atoms in total. The van der Waals surface area contributed by atoms with Crippen molar-refractivity contribution in [1.82, 2.24) is 9.88 Å². The fourth-order valence-electron chi connectivity index (χ4n) is 4.87. The van der Waals surface area contributed by atoms with Crippen molar-refractivity contribution in [1.29, 1.82) is 0 Å². The molecule has 2 heterocycles. The summed E-state index contributed by atoms with van der Waals surface area (Å²) in [5.41, 5.74) is -0.819. The molecule has 2 N–H and O–H groups in total. The Kier molecular flexibility index (Phi) is 5.11. The Bertz CT molecular complexity index is 1150. The Labute approximate surface area is 184 Å². The molecule has 1 aliphatic heterocycles. The zero-order valence-corrected chi connectivity index (χ0v) is 18.1. The van der Waals surface area contributed by atoms with E-state index >= 15 is 4.39 Å². The smallest absolute Gasteiger partial charge is 0.341 e. The van der Waals surface area contributed by atoms with Crippen LogP contribution in [0.2, 0.25) is 0 Å². The minimum Gasteiger partial charge on any atom is -0.492 e. The Morgan fingerprint density at radius 1 is 1.34 bits per heavy atom. The van der Waals surface area contributed by atoms with Gasteiger partial charge in [0.05, 0.1) is 24.1 Å². The molecule has 172 valence electrons. The highest BCUT2D eigenvalue weighted by Crippen LogP contribution is 2.46. The number of methoxy groups -OCH3 is 1. The average molecular weight is 447 g/mol. The van der Waals surface area contributed by atoms with Crippen LogP contribution in [0.5, 0.6) is 5.75 Å². The van der Waals surface area contributed by atoms with Crippen molar-refractivity contribution >= 4 is 22.6 Å². The molecule has 5 rings (SSSR count). The predicted molar refractivity (Wildman–Crippen MR) is 116 cm³/mol. The number of alkyl halides is 1. The maximum atomic E-state index is 15.4. The van der Waals surface area contributed by atoms with Crippen LogP contribution in [0.15, 0.2) is 17.1 Å². The first kappa shape index (κ1) is 21.2. The van der Waals surface area contributed by atoms with E-state index in [9.17, 15) is 19.1 Å². The lowest BCUT2D eigenvalue weighted by atomic mass is 9.98. The SMILES string of the molecule is COc1c(N2C[C@H](CNC3CC3)[C@H](C)C2)c(F)cc2c(=O)c(C(=O)O)cn([C@@H]3C[C@@H]3F)c12. The number of benzene rings is 1. The fraction of sp³-hybridized carbons (Fsp3) is 0.565. The summed E-state index contributed by atoms with van der Waals surface area (Å²) in [4.78, 5) is 26.4. The molecule has 3 aliphatic rings. The normalized spacial score (nSPS) is 27.2. The van der Waals surface area contributed by atoms with Gasteiger partial charge in [0.2, 0.25) is 5.43 Å². The number of hydrogen-bond donors (Lipinski definition) is 2. The highest BCUT2D eigenvalue weighted by atomic mass is 19.1. The molecule has 1 aromatic heterocycles. The lowest BCUT2D eigenvalue weighted by Crippen LogP contribution is -2.29. The maximum absolute atomic E-state index is 15.4. The standard InChI is InChI=1S/C23H27F2N3O4/c1-11-8-27(9-12(11)7-26-13-3-4-13)20-17(25)5-14-19(22(20)32-2)28(18-6-16(18)24)10-15(21(14)29)23(30)31/h5,10-13,16,18,26H,3-4,6-9H2,1-2H3,(H,30,31)/t11-,12+,16+,18-/m1/s1. The molecule has 32 heavy (non-hydrogen) atoms. The van der Waals surface area contributed by atoms with Crippen molar-refractivity contribution in [2.24, 2.45) is 11.8 Å². The van der Waals surface area contributed by atoms with Gasteiger partial charge in [0, 0.05) is 38.3 Å². The number of nitrogens with one attached hydrogen (secondary N) is 1. The van der Waals surface area contributed by atoms with Crippen LogP contribution in [0.1, 0.15) is 42.6 Å². The van der Waals surface area contributed by atoms with E-state index in [-0.39, 0.29) is 28.8 Å². The number of rotatable bonds is 7. The summed E-state index contributed by atoms with van der Waals surface area (Å²) in [6.07, 6.45) is 2.62. The molecule has 9 heteroatoms. The summed E-state index contributed by atoms with van der Waals surface area (Å²) in [6, 6.07) is 1.07. The molecule has 1 aromatic carbocycles. The number of aromatic nitrogens is 1. The van der Waals surface area contributed by atoms with E-state index < -0.39 is 35.0 Å². The van der Waals surface area contributed by atoms with E-state index in [0.29, 0.717) is 31.0 Å². The zero-order chi connectivity index (χ0) is 22.7. The third-order valence-corrected chi connectivity index (χ3v) is 7.00. The quantitative estimate of drug-likeness (QED) is 0.679. The molecule has 4 atom stereocenters. The maximum Gasteiger partial charge on any atom is 0.341 e. The van der Waals surface area contributed by atoms with Crippen LogP contribution < -0.4 is 20.4 Å². The van der Waals surface area contributed by atoms with E-state index in [0.717, 1.165) is 18.8 Å². The van der Waals surface area contributed by atoms with E-state index in [1.807, 2.05) is 4.90 Å². The monoisotopic (exact) mass is 447 g/mol. The zero-order valence-electron chi connectivity index (χ0n) is 18.1. The second-order valence-electron chi connectivity index (χ2n) is 9.36. The van der Waals surface area contributed by atoms with E-state index in [1.54, 1.807) is 0 Å². The molecule has 3 fully saturated rings. The van der Waals surface area contributed by atoms with Crippen LogP contribution in [0.3, 0.4) is 0 Å². The average Bonchev–Trinajstić information content (AvgIpc) is 3.67. The number of ether oxygens (including phenoxy) is 1. The third kappa shape index (κ3) is 3.52. The summed E-state index contributed by atoms with van der Waals surface area (Å²) < 4.78 is 36.5. The highest BCUT2D eigenvalue weighted by Gasteiger charge is 2.42. The van der Waals surface area contributed by atoms with Crippen molar-refractivity contribution in [2.75, 3.05) is 31.6 Å². The van der Waals surface area contributed by atoms with E-state index in [1.165, 1.54) is 24.5 Å². The fourth-order valence-corrected chi connectivity index (χ4v) is 4.87. The number of pyridine rings is 1. The molecule has 2 saturated carbocycles. The van der Waals surface area contributed by atoms with Gasteiger partial charge in [-0.1, -0.05) is 6.92 Å². The Hall–Kier alpha value is -2.68. The number of halogens is 2.